The third-order valence-corrected chi connectivity index (χ3v) is 6.67. The monoisotopic (exact) mass is 521 g/mol. The van der Waals surface area contributed by atoms with E-state index < -0.39 is 0 Å². The van der Waals surface area contributed by atoms with Gasteiger partial charge in [-0.1, -0.05) is 60.7 Å². The lowest BCUT2D eigenvalue weighted by molar-refractivity contribution is -0.115. The van der Waals surface area contributed by atoms with E-state index in [1.165, 1.54) is 0 Å². The molecule has 4 aromatic rings. The molecule has 0 N–H and O–H groups in total. The van der Waals surface area contributed by atoms with E-state index >= 15 is 0 Å². The molecule has 1 amide bonds. The Morgan fingerprint density at radius 1 is 0.769 bits per heavy atom. The predicted molar refractivity (Wildman–Crippen MR) is 152 cm³/mol. The molecule has 198 valence electrons. The molecule has 0 saturated heterocycles. The second kappa shape index (κ2) is 12.2. The van der Waals surface area contributed by atoms with Crippen LogP contribution < -0.4 is 18.9 Å². The van der Waals surface area contributed by atoms with Crippen molar-refractivity contribution in [2.75, 3.05) is 20.8 Å². The first kappa shape index (κ1) is 25.9. The van der Waals surface area contributed by atoms with E-state index in [1.807, 2.05) is 97.1 Å². The van der Waals surface area contributed by atoms with Crippen molar-refractivity contribution < 1.29 is 23.7 Å². The molecule has 1 aliphatic rings. The van der Waals surface area contributed by atoms with Crippen molar-refractivity contribution >= 4 is 18.2 Å². The Kier molecular flexibility index (Phi) is 8.12. The van der Waals surface area contributed by atoms with Gasteiger partial charge in [-0.15, -0.1) is 0 Å². The van der Waals surface area contributed by atoms with Gasteiger partial charge in [-0.05, 0) is 65.1 Å². The molecule has 0 bridgehead atoms. The van der Waals surface area contributed by atoms with Crippen LogP contribution in [0.4, 0.5) is 0 Å². The number of rotatable bonds is 10. The third kappa shape index (κ3) is 6.07. The Hall–Kier alpha value is -4.71. The molecule has 39 heavy (non-hydrogen) atoms. The summed E-state index contributed by atoms with van der Waals surface area (Å²) < 4.78 is 23.7. The minimum atomic E-state index is 0.373. The van der Waals surface area contributed by atoms with Crippen LogP contribution in [0.5, 0.6) is 23.0 Å². The number of methoxy groups -OCH3 is 2. The molecule has 4 aromatic carbocycles. The van der Waals surface area contributed by atoms with Crippen LogP contribution in [0.3, 0.4) is 0 Å². The molecule has 0 atom stereocenters. The zero-order chi connectivity index (χ0) is 27.0. The van der Waals surface area contributed by atoms with E-state index in [2.05, 4.69) is 0 Å². The number of hydrogen-bond acceptors (Lipinski definition) is 5. The first-order chi connectivity index (χ1) is 19.2. The maximum atomic E-state index is 12.0. The summed E-state index contributed by atoms with van der Waals surface area (Å²) in [6.45, 7) is 1.33. The molecule has 0 aromatic heterocycles. The van der Waals surface area contributed by atoms with Gasteiger partial charge >= 0.3 is 0 Å². The van der Waals surface area contributed by atoms with Crippen LogP contribution in [-0.4, -0.2) is 32.1 Å². The van der Waals surface area contributed by atoms with Crippen LogP contribution in [0.25, 0.3) is 11.8 Å². The smallest absolute Gasteiger partial charge is 0.214 e. The van der Waals surface area contributed by atoms with Crippen LogP contribution in [0.1, 0.15) is 27.8 Å². The molecule has 5 rings (SSSR count). The molecular weight excluding hydrogens is 490 g/mol. The van der Waals surface area contributed by atoms with Crippen molar-refractivity contribution in [3.05, 3.63) is 119 Å². The predicted octanol–water partition coefficient (Wildman–Crippen LogP) is 6.37. The molecular formula is C33H31NO5. The Morgan fingerprint density at radius 3 is 1.92 bits per heavy atom. The number of fused-ring (bicyclic) bond motifs is 1. The number of benzene rings is 4. The van der Waals surface area contributed by atoms with Gasteiger partial charge in [-0.25, -0.2) is 0 Å². The Balaban J connectivity index is 1.56. The summed E-state index contributed by atoms with van der Waals surface area (Å²) in [5, 5.41) is 0. The minimum Gasteiger partial charge on any atom is -0.497 e. The SMILES string of the molecule is COc1ccc2c(c1)CCN(C=O)/C2=C\c1cc(OCc2ccccc2)c(OC)c(OCc2ccccc2)c1. The highest BCUT2D eigenvalue weighted by Gasteiger charge is 2.22. The Bertz CT molecular complexity index is 1390. The van der Waals surface area contributed by atoms with Crippen molar-refractivity contribution in [2.24, 2.45) is 0 Å². The quantitative estimate of drug-likeness (QED) is 0.227. The number of nitrogens with zero attached hydrogens (tertiary/aromatic N) is 1. The van der Waals surface area contributed by atoms with Crippen LogP contribution in [0.15, 0.2) is 91.0 Å². The average Bonchev–Trinajstić information content (AvgIpc) is 2.99. The fraction of sp³-hybridized carbons (Fsp3) is 0.182. The van der Waals surface area contributed by atoms with Gasteiger partial charge in [0.15, 0.2) is 11.5 Å². The van der Waals surface area contributed by atoms with E-state index in [4.69, 9.17) is 18.9 Å². The highest BCUT2D eigenvalue weighted by atomic mass is 16.5. The van der Waals surface area contributed by atoms with Gasteiger partial charge in [0.25, 0.3) is 0 Å². The van der Waals surface area contributed by atoms with Crippen molar-refractivity contribution in [2.45, 2.75) is 19.6 Å². The normalized spacial score (nSPS) is 13.5. The van der Waals surface area contributed by atoms with Gasteiger partial charge in [0.05, 0.1) is 19.9 Å². The van der Waals surface area contributed by atoms with Crippen molar-refractivity contribution in [3.63, 3.8) is 0 Å². The molecule has 6 heteroatoms. The first-order valence-corrected chi connectivity index (χ1v) is 12.8. The molecule has 0 unspecified atom stereocenters. The van der Waals surface area contributed by atoms with Gasteiger partial charge in [-0.2, -0.15) is 0 Å². The highest BCUT2D eigenvalue weighted by molar-refractivity contribution is 5.88. The van der Waals surface area contributed by atoms with Crippen molar-refractivity contribution in [1.82, 2.24) is 4.90 Å². The van der Waals surface area contributed by atoms with E-state index in [0.717, 1.165) is 52.1 Å². The summed E-state index contributed by atoms with van der Waals surface area (Å²) in [7, 11) is 3.27. The minimum absolute atomic E-state index is 0.373. The van der Waals surface area contributed by atoms with Gasteiger partial charge in [0.1, 0.15) is 19.0 Å². The van der Waals surface area contributed by atoms with Gasteiger partial charge in [-0.3, -0.25) is 4.79 Å². The Labute approximate surface area is 229 Å². The highest BCUT2D eigenvalue weighted by Crippen LogP contribution is 2.41. The maximum Gasteiger partial charge on any atom is 0.214 e. The van der Waals surface area contributed by atoms with E-state index in [0.29, 0.717) is 37.0 Å². The molecule has 0 saturated carbocycles. The number of carbonyl (C=O) groups is 1. The Morgan fingerprint density at radius 2 is 1.38 bits per heavy atom. The molecule has 1 aliphatic heterocycles. The number of ether oxygens (including phenoxy) is 4. The fourth-order valence-electron chi connectivity index (χ4n) is 4.66. The first-order valence-electron chi connectivity index (χ1n) is 12.8. The molecule has 0 fully saturated rings. The molecule has 6 nitrogen and oxygen atoms in total. The van der Waals surface area contributed by atoms with Crippen molar-refractivity contribution in [1.29, 1.82) is 0 Å². The summed E-state index contributed by atoms with van der Waals surface area (Å²) in [6.07, 6.45) is 3.62. The summed E-state index contributed by atoms with van der Waals surface area (Å²) >= 11 is 0. The molecule has 0 radical (unpaired) electrons. The third-order valence-electron chi connectivity index (χ3n) is 6.67. The van der Waals surface area contributed by atoms with Crippen LogP contribution >= 0.6 is 0 Å². The lowest BCUT2D eigenvalue weighted by Crippen LogP contribution is -2.28. The zero-order valence-electron chi connectivity index (χ0n) is 22.1. The van der Waals surface area contributed by atoms with Crippen LogP contribution in [0, 0.1) is 0 Å². The lowest BCUT2D eigenvalue weighted by atomic mass is 9.95. The van der Waals surface area contributed by atoms with E-state index in [1.54, 1.807) is 19.1 Å². The average molecular weight is 522 g/mol. The van der Waals surface area contributed by atoms with Crippen molar-refractivity contribution in [3.8, 4) is 23.0 Å². The topological polar surface area (TPSA) is 57.2 Å². The largest absolute Gasteiger partial charge is 0.497 e. The second-order valence-electron chi connectivity index (χ2n) is 9.20. The summed E-state index contributed by atoms with van der Waals surface area (Å²) in [6, 6.07) is 29.7. The van der Waals surface area contributed by atoms with E-state index in [-0.39, 0.29) is 0 Å². The second-order valence-corrected chi connectivity index (χ2v) is 9.20. The summed E-state index contributed by atoms with van der Waals surface area (Å²) in [4.78, 5) is 13.8. The van der Waals surface area contributed by atoms with Crippen LogP contribution in [0.2, 0.25) is 0 Å². The van der Waals surface area contributed by atoms with Gasteiger partial charge < -0.3 is 23.8 Å². The zero-order valence-corrected chi connectivity index (χ0v) is 22.1. The van der Waals surface area contributed by atoms with E-state index in [9.17, 15) is 4.79 Å². The van der Waals surface area contributed by atoms with Gasteiger partial charge in [0, 0.05) is 12.1 Å². The molecule has 0 aliphatic carbocycles. The maximum absolute atomic E-state index is 12.0. The number of hydrogen-bond donors (Lipinski definition) is 0. The van der Waals surface area contributed by atoms with Gasteiger partial charge in [0.2, 0.25) is 12.2 Å². The standard InChI is InChI=1S/C33H31NO5/c1-36-28-13-14-29-27(20-28)15-16-34(23-35)30(29)17-26-18-31(38-21-24-9-5-3-6-10-24)33(37-2)32(19-26)39-22-25-11-7-4-8-12-25/h3-14,17-20,23H,15-16,21-22H2,1-2H3/b30-17-. The fourth-order valence-corrected chi connectivity index (χ4v) is 4.66. The summed E-state index contributed by atoms with van der Waals surface area (Å²) in [5.74, 6) is 2.43. The summed E-state index contributed by atoms with van der Waals surface area (Å²) in [5.41, 5.74) is 5.83. The molecule has 0 spiro atoms. The number of amides is 1. The van der Waals surface area contributed by atoms with Crippen LogP contribution in [-0.2, 0) is 24.4 Å². The number of carbonyl (C=O) groups excluding carboxylic acids is 1. The lowest BCUT2D eigenvalue weighted by Gasteiger charge is -2.29. The molecule has 1 heterocycles.